The van der Waals surface area contributed by atoms with Crippen molar-refractivity contribution in [2.24, 2.45) is 0 Å². The van der Waals surface area contributed by atoms with Crippen LogP contribution in [-0.4, -0.2) is 20.9 Å². The van der Waals surface area contributed by atoms with Crippen molar-refractivity contribution < 1.29 is 4.79 Å². The fourth-order valence-corrected chi connectivity index (χ4v) is 3.51. The van der Waals surface area contributed by atoms with Gasteiger partial charge in [-0.05, 0) is 42.5 Å². The minimum absolute atomic E-state index is 0.260. The smallest absolute Gasteiger partial charge is 0.257 e. The Balaban J connectivity index is 1.45. The van der Waals surface area contributed by atoms with Crippen LogP contribution in [0.4, 0.5) is 10.8 Å². The molecule has 2 N–H and O–H groups in total. The van der Waals surface area contributed by atoms with Gasteiger partial charge in [-0.1, -0.05) is 23.7 Å². The normalized spacial score (nSPS) is 10.5. The van der Waals surface area contributed by atoms with Crippen molar-refractivity contribution >= 4 is 39.7 Å². The number of nitrogens with one attached hydrogen (secondary N) is 2. The van der Waals surface area contributed by atoms with Crippen LogP contribution in [-0.2, 0) is 6.54 Å². The average molecular weight is 422 g/mol. The van der Waals surface area contributed by atoms with Crippen molar-refractivity contribution in [3.63, 3.8) is 0 Å². The SMILES string of the molecule is O=C(Nc1nc(-c2ccccn2)cs1)c1ccc(Cl)c(NCc2ccccn2)c1. The second kappa shape index (κ2) is 8.81. The number of benzene rings is 1. The summed E-state index contributed by atoms with van der Waals surface area (Å²) in [5.41, 5.74) is 3.51. The molecule has 8 heteroatoms. The number of anilines is 2. The Bertz CT molecular complexity index is 1120. The molecule has 1 aromatic carbocycles. The fraction of sp³-hybridized carbons (Fsp3) is 0.0476. The largest absolute Gasteiger partial charge is 0.378 e. The molecule has 0 fully saturated rings. The molecule has 0 aliphatic rings. The fourth-order valence-electron chi connectivity index (χ4n) is 2.62. The molecule has 3 heterocycles. The van der Waals surface area contributed by atoms with Crippen LogP contribution in [0.2, 0.25) is 5.02 Å². The minimum atomic E-state index is -0.260. The number of thiazole rings is 1. The lowest BCUT2D eigenvalue weighted by atomic mass is 10.2. The van der Waals surface area contributed by atoms with Crippen LogP contribution in [0.15, 0.2) is 72.4 Å². The molecule has 0 atom stereocenters. The molecule has 0 saturated carbocycles. The number of nitrogens with zero attached hydrogens (tertiary/aromatic N) is 3. The van der Waals surface area contributed by atoms with Gasteiger partial charge in [-0.25, -0.2) is 4.98 Å². The van der Waals surface area contributed by atoms with Crippen molar-refractivity contribution in [3.05, 3.63) is 88.7 Å². The second-order valence-electron chi connectivity index (χ2n) is 6.08. The van der Waals surface area contributed by atoms with E-state index in [0.717, 1.165) is 17.1 Å². The maximum atomic E-state index is 12.7. The molecule has 29 heavy (non-hydrogen) atoms. The Morgan fingerprint density at radius 2 is 1.83 bits per heavy atom. The molecule has 0 bridgehead atoms. The van der Waals surface area contributed by atoms with Crippen LogP contribution in [0.3, 0.4) is 0 Å². The number of hydrogen-bond acceptors (Lipinski definition) is 6. The first-order chi connectivity index (χ1) is 14.2. The van der Waals surface area contributed by atoms with Crippen LogP contribution in [0.25, 0.3) is 11.4 Å². The monoisotopic (exact) mass is 421 g/mol. The quantitative estimate of drug-likeness (QED) is 0.451. The summed E-state index contributed by atoms with van der Waals surface area (Å²) in [6, 6.07) is 16.4. The summed E-state index contributed by atoms with van der Waals surface area (Å²) >= 11 is 7.62. The molecule has 4 aromatic rings. The van der Waals surface area contributed by atoms with E-state index in [1.165, 1.54) is 11.3 Å². The van der Waals surface area contributed by atoms with E-state index in [9.17, 15) is 4.79 Å². The van der Waals surface area contributed by atoms with E-state index >= 15 is 0 Å². The zero-order valence-electron chi connectivity index (χ0n) is 15.2. The summed E-state index contributed by atoms with van der Waals surface area (Å²) in [6.07, 6.45) is 3.44. The van der Waals surface area contributed by atoms with Gasteiger partial charge >= 0.3 is 0 Å². The van der Waals surface area contributed by atoms with Gasteiger partial charge in [-0.2, -0.15) is 0 Å². The number of amides is 1. The molecular formula is C21H16ClN5OS. The third-order valence-corrected chi connectivity index (χ3v) is 5.15. The van der Waals surface area contributed by atoms with Gasteiger partial charge in [0, 0.05) is 23.3 Å². The topological polar surface area (TPSA) is 79.8 Å². The standard InChI is InChI=1S/C21H16ClN5OS/c22-16-8-7-14(11-18(16)25-12-15-5-1-3-9-23-15)20(28)27-21-26-19(13-29-21)17-6-2-4-10-24-17/h1-11,13,25H,12H2,(H,26,27,28). The van der Waals surface area contributed by atoms with Crippen molar-refractivity contribution in [2.75, 3.05) is 10.6 Å². The summed E-state index contributed by atoms with van der Waals surface area (Å²) < 4.78 is 0. The summed E-state index contributed by atoms with van der Waals surface area (Å²) in [5, 5.41) is 8.94. The Kier molecular flexibility index (Phi) is 5.79. The van der Waals surface area contributed by atoms with Crippen LogP contribution in [0, 0.1) is 0 Å². The van der Waals surface area contributed by atoms with E-state index in [4.69, 9.17) is 11.6 Å². The molecule has 0 unspecified atom stereocenters. The Morgan fingerprint density at radius 3 is 2.59 bits per heavy atom. The molecule has 0 saturated heterocycles. The third kappa shape index (κ3) is 4.77. The van der Waals surface area contributed by atoms with Crippen LogP contribution < -0.4 is 10.6 Å². The van der Waals surface area contributed by atoms with E-state index < -0.39 is 0 Å². The molecule has 3 aromatic heterocycles. The second-order valence-corrected chi connectivity index (χ2v) is 7.34. The van der Waals surface area contributed by atoms with Crippen molar-refractivity contribution in [2.45, 2.75) is 6.54 Å². The highest BCUT2D eigenvalue weighted by atomic mass is 35.5. The van der Waals surface area contributed by atoms with Crippen LogP contribution in [0.1, 0.15) is 16.1 Å². The maximum absolute atomic E-state index is 12.7. The highest BCUT2D eigenvalue weighted by Crippen LogP contribution is 2.26. The summed E-state index contributed by atoms with van der Waals surface area (Å²) in [6.45, 7) is 0.506. The van der Waals surface area contributed by atoms with Crippen LogP contribution >= 0.6 is 22.9 Å². The van der Waals surface area contributed by atoms with Gasteiger partial charge in [0.2, 0.25) is 0 Å². The predicted molar refractivity (Wildman–Crippen MR) is 116 cm³/mol. The first-order valence-corrected chi connectivity index (χ1v) is 10.1. The highest BCUT2D eigenvalue weighted by molar-refractivity contribution is 7.14. The van der Waals surface area contributed by atoms with Gasteiger partial charge < -0.3 is 5.32 Å². The molecule has 0 aliphatic heterocycles. The first kappa shape index (κ1) is 19.0. The molecule has 144 valence electrons. The number of carbonyl (C=O) groups is 1. The Hall–Kier alpha value is -3.29. The Labute approximate surface area is 176 Å². The lowest BCUT2D eigenvalue weighted by molar-refractivity contribution is 0.102. The zero-order chi connectivity index (χ0) is 20.1. The average Bonchev–Trinajstić information content (AvgIpc) is 3.23. The van der Waals surface area contributed by atoms with E-state index in [1.807, 2.05) is 41.8 Å². The van der Waals surface area contributed by atoms with Gasteiger partial charge in [0.1, 0.15) is 5.69 Å². The molecule has 6 nitrogen and oxygen atoms in total. The predicted octanol–water partition coefficient (Wildman–Crippen LogP) is 5.12. The van der Waals surface area contributed by atoms with Crippen molar-refractivity contribution in [1.29, 1.82) is 0 Å². The first-order valence-electron chi connectivity index (χ1n) is 8.80. The number of rotatable bonds is 6. The molecule has 0 aliphatic carbocycles. The third-order valence-electron chi connectivity index (χ3n) is 4.07. The van der Waals surface area contributed by atoms with E-state index in [-0.39, 0.29) is 5.91 Å². The molecule has 1 amide bonds. The van der Waals surface area contributed by atoms with E-state index in [2.05, 4.69) is 25.6 Å². The van der Waals surface area contributed by atoms with Gasteiger partial charge in [0.05, 0.1) is 28.6 Å². The Morgan fingerprint density at radius 1 is 1.00 bits per heavy atom. The zero-order valence-corrected chi connectivity index (χ0v) is 16.7. The number of pyridine rings is 2. The number of hydrogen-bond donors (Lipinski definition) is 2. The van der Waals surface area contributed by atoms with Crippen LogP contribution in [0.5, 0.6) is 0 Å². The lowest BCUT2D eigenvalue weighted by Gasteiger charge is -2.10. The molecule has 4 rings (SSSR count). The van der Waals surface area contributed by atoms with E-state index in [1.54, 1.807) is 30.6 Å². The van der Waals surface area contributed by atoms with Gasteiger partial charge in [-0.15, -0.1) is 11.3 Å². The number of aromatic nitrogens is 3. The lowest BCUT2D eigenvalue weighted by Crippen LogP contribution is -2.12. The van der Waals surface area contributed by atoms with Gasteiger partial charge in [-0.3, -0.25) is 20.1 Å². The summed E-state index contributed by atoms with van der Waals surface area (Å²) in [7, 11) is 0. The maximum Gasteiger partial charge on any atom is 0.257 e. The molecule has 0 spiro atoms. The van der Waals surface area contributed by atoms with Gasteiger partial charge in [0.25, 0.3) is 5.91 Å². The number of carbonyl (C=O) groups excluding carboxylic acids is 1. The number of halogens is 1. The van der Waals surface area contributed by atoms with Crippen molar-refractivity contribution in [3.8, 4) is 11.4 Å². The van der Waals surface area contributed by atoms with Gasteiger partial charge in [0.15, 0.2) is 5.13 Å². The summed E-state index contributed by atoms with van der Waals surface area (Å²) in [5.74, 6) is -0.260. The molecule has 0 radical (unpaired) electrons. The minimum Gasteiger partial charge on any atom is -0.378 e. The molecular weight excluding hydrogens is 406 g/mol. The van der Waals surface area contributed by atoms with Crippen molar-refractivity contribution in [1.82, 2.24) is 15.0 Å². The summed E-state index contributed by atoms with van der Waals surface area (Å²) in [4.78, 5) is 25.6. The highest BCUT2D eigenvalue weighted by Gasteiger charge is 2.12. The van der Waals surface area contributed by atoms with E-state index in [0.29, 0.717) is 27.9 Å².